The van der Waals surface area contributed by atoms with Gasteiger partial charge in [0.2, 0.25) is 0 Å². The van der Waals surface area contributed by atoms with Crippen molar-refractivity contribution in [2.45, 2.75) is 26.6 Å². The molecule has 0 aromatic heterocycles. The van der Waals surface area contributed by atoms with E-state index in [0.717, 1.165) is 0 Å². The second-order valence-electron chi connectivity index (χ2n) is 3.59. The summed E-state index contributed by atoms with van der Waals surface area (Å²) in [5, 5.41) is 10.8. The zero-order valence-electron chi connectivity index (χ0n) is 10.3. The lowest BCUT2D eigenvalue weighted by molar-refractivity contribution is -0.386. The van der Waals surface area contributed by atoms with Crippen LogP contribution in [0.3, 0.4) is 0 Å². The molecular weight excluding hydrogens is 238 g/mol. The molecule has 98 valence electrons. The van der Waals surface area contributed by atoms with E-state index in [9.17, 15) is 14.9 Å². The van der Waals surface area contributed by atoms with E-state index in [-0.39, 0.29) is 18.9 Å². The maximum atomic E-state index is 11.3. The number of esters is 1. The molecule has 0 saturated carbocycles. The van der Waals surface area contributed by atoms with Crippen molar-refractivity contribution in [1.29, 1.82) is 0 Å². The van der Waals surface area contributed by atoms with Crippen LogP contribution in [0.15, 0.2) is 24.3 Å². The Hall–Kier alpha value is -1.95. The van der Waals surface area contributed by atoms with Gasteiger partial charge in [-0.1, -0.05) is 12.1 Å². The van der Waals surface area contributed by atoms with Gasteiger partial charge in [0.15, 0.2) is 6.10 Å². The molecule has 0 aliphatic carbocycles. The molecule has 1 aromatic rings. The lowest BCUT2D eigenvalue weighted by Crippen LogP contribution is -2.23. The van der Waals surface area contributed by atoms with Crippen LogP contribution in [0.25, 0.3) is 0 Å². The van der Waals surface area contributed by atoms with E-state index in [0.29, 0.717) is 5.56 Å². The third-order valence-electron chi connectivity index (χ3n) is 2.30. The van der Waals surface area contributed by atoms with E-state index < -0.39 is 17.0 Å². The molecule has 1 rings (SSSR count). The molecular formula is C12H15NO5. The Morgan fingerprint density at radius 3 is 2.72 bits per heavy atom. The standard InChI is InChI=1S/C12H15NO5/c1-3-17-12(14)9(2)18-8-10-6-4-5-7-11(10)13(15)16/h4-7,9H,3,8H2,1-2H3. The first kappa shape index (κ1) is 14.1. The Bertz CT molecular complexity index is 432. The number of benzene rings is 1. The summed E-state index contributed by atoms with van der Waals surface area (Å²) in [7, 11) is 0. The molecule has 1 unspecified atom stereocenters. The molecule has 0 heterocycles. The normalized spacial score (nSPS) is 11.9. The Kier molecular flexibility index (Phi) is 5.26. The van der Waals surface area contributed by atoms with Crippen LogP contribution < -0.4 is 0 Å². The first-order chi connectivity index (χ1) is 8.56. The molecule has 0 N–H and O–H groups in total. The monoisotopic (exact) mass is 253 g/mol. The molecule has 0 saturated heterocycles. The third-order valence-corrected chi connectivity index (χ3v) is 2.30. The summed E-state index contributed by atoms with van der Waals surface area (Å²) >= 11 is 0. The van der Waals surface area contributed by atoms with E-state index in [1.54, 1.807) is 32.0 Å². The highest BCUT2D eigenvalue weighted by molar-refractivity contribution is 5.74. The van der Waals surface area contributed by atoms with Crippen molar-refractivity contribution in [3.63, 3.8) is 0 Å². The van der Waals surface area contributed by atoms with E-state index >= 15 is 0 Å². The largest absolute Gasteiger partial charge is 0.464 e. The molecule has 0 radical (unpaired) electrons. The van der Waals surface area contributed by atoms with Crippen LogP contribution in [0.5, 0.6) is 0 Å². The van der Waals surface area contributed by atoms with E-state index in [4.69, 9.17) is 9.47 Å². The predicted molar refractivity (Wildman–Crippen MR) is 64.0 cm³/mol. The Balaban J connectivity index is 2.63. The lowest BCUT2D eigenvalue weighted by atomic mass is 10.2. The van der Waals surface area contributed by atoms with Crippen molar-refractivity contribution in [2.75, 3.05) is 6.61 Å². The van der Waals surface area contributed by atoms with Gasteiger partial charge in [0.25, 0.3) is 5.69 Å². The second-order valence-corrected chi connectivity index (χ2v) is 3.59. The van der Waals surface area contributed by atoms with Gasteiger partial charge in [-0.15, -0.1) is 0 Å². The molecule has 0 aliphatic heterocycles. The van der Waals surface area contributed by atoms with Gasteiger partial charge in [-0.3, -0.25) is 10.1 Å². The van der Waals surface area contributed by atoms with Crippen molar-refractivity contribution in [1.82, 2.24) is 0 Å². The predicted octanol–water partition coefficient (Wildman–Crippen LogP) is 2.06. The van der Waals surface area contributed by atoms with Gasteiger partial charge in [0.1, 0.15) is 0 Å². The Labute approximate surface area is 105 Å². The fourth-order valence-corrected chi connectivity index (χ4v) is 1.35. The number of ether oxygens (including phenoxy) is 2. The summed E-state index contributed by atoms with van der Waals surface area (Å²) in [4.78, 5) is 21.6. The molecule has 0 amide bonds. The van der Waals surface area contributed by atoms with Crippen molar-refractivity contribution in [3.8, 4) is 0 Å². The number of nitro benzene ring substituents is 1. The van der Waals surface area contributed by atoms with Crippen molar-refractivity contribution in [2.24, 2.45) is 0 Å². The summed E-state index contributed by atoms with van der Waals surface area (Å²) in [6, 6.07) is 6.25. The number of para-hydroxylation sites is 1. The highest BCUT2D eigenvalue weighted by Crippen LogP contribution is 2.19. The van der Waals surface area contributed by atoms with Crippen LogP contribution in [-0.2, 0) is 20.9 Å². The number of hydrogen-bond donors (Lipinski definition) is 0. The van der Waals surface area contributed by atoms with Gasteiger partial charge >= 0.3 is 5.97 Å². The van der Waals surface area contributed by atoms with Crippen molar-refractivity contribution in [3.05, 3.63) is 39.9 Å². The minimum atomic E-state index is -0.746. The average Bonchev–Trinajstić information content (AvgIpc) is 2.36. The van der Waals surface area contributed by atoms with Gasteiger partial charge in [-0.25, -0.2) is 4.79 Å². The SMILES string of the molecule is CCOC(=O)C(C)OCc1ccccc1[N+](=O)[O-]. The molecule has 6 nitrogen and oxygen atoms in total. The number of nitro groups is 1. The maximum Gasteiger partial charge on any atom is 0.334 e. The highest BCUT2D eigenvalue weighted by atomic mass is 16.6. The number of nitrogens with zero attached hydrogens (tertiary/aromatic N) is 1. The minimum Gasteiger partial charge on any atom is -0.464 e. The van der Waals surface area contributed by atoms with Crippen LogP contribution in [-0.4, -0.2) is 23.6 Å². The third kappa shape index (κ3) is 3.81. The van der Waals surface area contributed by atoms with Crippen molar-refractivity contribution < 1.29 is 19.2 Å². The van der Waals surface area contributed by atoms with Crippen LogP contribution in [0.4, 0.5) is 5.69 Å². The first-order valence-electron chi connectivity index (χ1n) is 5.56. The summed E-state index contributed by atoms with van der Waals surface area (Å²) in [6.45, 7) is 3.52. The molecule has 0 fully saturated rings. The molecule has 6 heteroatoms. The molecule has 0 aliphatic rings. The van der Waals surface area contributed by atoms with Gasteiger partial charge in [0.05, 0.1) is 23.7 Å². The Morgan fingerprint density at radius 1 is 1.44 bits per heavy atom. The lowest BCUT2D eigenvalue weighted by Gasteiger charge is -2.11. The number of rotatable bonds is 6. The molecule has 1 aromatic carbocycles. The summed E-state index contributed by atoms with van der Waals surface area (Å²) < 4.78 is 10.0. The fraction of sp³-hybridized carbons (Fsp3) is 0.417. The van der Waals surface area contributed by atoms with E-state index in [2.05, 4.69) is 0 Å². The quantitative estimate of drug-likeness (QED) is 0.440. The number of carbonyl (C=O) groups is 1. The van der Waals surface area contributed by atoms with Crippen LogP contribution in [0.1, 0.15) is 19.4 Å². The molecule has 0 bridgehead atoms. The average molecular weight is 253 g/mol. The fourth-order valence-electron chi connectivity index (χ4n) is 1.35. The smallest absolute Gasteiger partial charge is 0.334 e. The summed E-state index contributed by atoms with van der Waals surface area (Å²) in [6.07, 6.45) is -0.746. The topological polar surface area (TPSA) is 78.7 Å². The zero-order chi connectivity index (χ0) is 13.5. The van der Waals surface area contributed by atoms with Crippen LogP contribution in [0.2, 0.25) is 0 Å². The van der Waals surface area contributed by atoms with Crippen molar-refractivity contribution >= 4 is 11.7 Å². The highest BCUT2D eigenvalue weighted by Gasteiger charge is 2.17. The molecule has 18 heavy (non-hydrogen) atoms. The molecule has 0 spiro atoms. The van der Waals surface area contributed by atoms with Crippen LogP contribution in [0, 0.1) is 10.1 Å². The number of hydrogen-bond acceptors (Lipinski definition) is 5. The summed E-state index contributed by atoms with van der Waals surface area (Å²) in [5.41, 5.74) is 0.409. The summed E-state index contributed by atoms with van der Waals surface area (Å²) in [5.74, 6) is -0.476. The van der Waals surface area contributed by atoms with Gasteiger partial charge in [0, 0.05) is 6.07 Å². The second kappa shape index (κ2) is 6.70. The van der Waals surface area contributed by atoms with Gasteiger partial charge in [-0.2, -0.15) is 0 Å². The number of carbonyl (C=O) groups excluding carboxylic acids is 1. The zero-order valence-corrected chi connectivity index (χ0v) is 10.3. The maximum absolute atomic E-state index is 11.3. The van der Waals surface area contributed by atoms with E-state index in [1.165, 1.54) is 6.07 Å². The van der Waals surface area contributed by atoms with Gasteiger partial charge in [-0.05, 0) is 19.9 Å². The van der Waals surface area contributed by atoms with E-state index in [1.807, 2.05) is 0 Å². The van der Waals surface area contributed by atoms with Gasteiger partial charge < -0.3 is 9.47 Å². The Morgan fingerprint density at radius 2 is 2.11 bits per heavy atom. The van der Waals surface area contributed by atoms with Crippen LogP contribution >= 0.6 is 0 Å². The first-order valence-corrected chi connectivity index (χ1v) is 5.56. The minimum absolute atomic E-state index is 0.00284. The molecule has 1 atom stereocenters.